The zero-order valence-electron chi connectivity index (χ0n) is 13.6. The zero-order chi connectivity index (χ0) is 16.8. The number of anilines is 1. The minimum absolute atomic E-state index is 0.170. The molecular formula is C18H22IN3O. The van der Waals surface area contributed by atoms with Gasteiger partial charge in [-0.3, -0.25) is 4.79 Å². The number of hydrogen-bond acceptors (Lipinski definition) is 3. The highest BCUT2D eigenvalue weighted by Gasteiger charge is 2.20. The van der Waals surface area contributed by atoms with Crippen molar-refractivity contribution in [1.82, 2.24) is 4.90 Å². The maximum Gasteiger partial charge on any atom is 0.267 e. The molecule has 4 nitrogen and oxygen atoms in total. The van der Waals surface area contributed by atoms with E-state index in [4.69, 9.17) is 0 Å². The van der Waals surface area contributed by atoms with Crippen molar-refractivity contribution in [2.45, 2.75) is 45.6 Å². The summed E-state index contributed by atoms with van der Waals surface area (Å²) in [5, 5.41) is 12.2. The molecular weight excluding hydrogens is 401 g/mol. The molecule has 1 atom stereocenters. The van der Waals surface area contributed by atoms with E-state index in [9.17, 15) is 10.1 Å². The van der Waals surface area contributed by atoms with E-state index in [0.29, 0.717) is 6.04 Å². The lowest BCUT2D eigenvalue weighted by atomic mass is 10.0. The molecule has 1 aromatic rings. The quantitative estimate of drug-likeness (QED) is 0.449. The third kappa shape index (κ3) is 4.71. The molecule has 0 aromatic heterocycles. The third-order valence-corrected chi connectivity index (χ3v) is 4.91. The second kappa shape index (κ2) is 8.34. The van der Waals surface area contributed by atoms with E-state index in [-0.39, 0.29) is 11.5 Å². The lowest BCUT2D eigenvalue weighted by Gasteiger charge is -2.34. The number of rotatable bonds is 4. The van der Waals surface area contributed by atoms with Crippen LogP contribution in [-0.2, 0) is 4.79 Å². The van der Waals surface area contributed by atoms with Gasteiger partial charge in [0.15, 0.2) is 0 Å². The number of carbonyl (C=O) groups is 1. The normalized spacial score (nSPS) is 18.4. The van der Waals surface area contributed by atoms with Gasteiger partial charge in [0.05, 0.1) is 0 Å². The van der Waals surface area contributed by atoms with Crippen molar-refractivity contribution in [3.63, 3.8) is 0 Å². The molecule has 1 unspecified atom stereocenters. The van der Waals surface area contributed by atoms with Crippen molar-refractivity contribution < 1.29 is 4.79 Å². The summed E-state index contributed by atoms with van der Waals surface area (Å²) in [6, 6.07) is 8.30. The van der Waals surface area contributed by atoms with Gasteiger partial charge in [0, 0.05) is 28.0 Å². The van der Waals surface area contributed by atoms with Crippen LogP contribution in [0.4, 0.5) is 5.69 Å². The Morgan fingerprint density at radius 3 is 2.96 bits per heavy atom. The highest BCUT2D eigenvalue weighted by atomic mass is 127. The maximum absolute atomic E-state index is 12.4. The van der Waals surface area contributed by atoms with Crippen molar-refractivity contribution in [2.24, 2.45) is 0 Å². The van der Waals surface area contributed by atoms with E-state index < -0.39 is 0 Å². The van der Waals surface area contributed by atoms with Gasteiger partial charge in [-0.05, 0) is 79.0 Å². The smallest absolute Gasteiger partial charge is 0.267 e. The molecule has 1 heterocycles. The number of piperidine rings is 1. The molecule has 2 rings (SSSR count). The number of benzene rings is 1. The lowest BCUT2D eigenvalue weighted by molar-refractivity contribution is -0.112. The monoisotopic (exact) mass is 423 g/mol. The van der Waals surface area contributed by atoms with Crippen molar-refractivity contribution in [3.05, 3.63) is 39.1 Å². The zero-order valence-corrected chi connectivity index (χ0v) is 15.8. The van der Waals surface area contributed by atoms with E-state index in [1.165, 1.54) is 6.42 Å². The minimum atomic E-state index is -0.336. The summed E-state index contributed by atoms with van der Waals surface area (Å²) in [5.74, 6) is -0.336. The summed E-state index contributed by atoms with van der Waals surface area (Å²) < 4.78 is 1.12. The second-order valence-corrected chi connectivity index (χ2v) is 7.11. The highest BCUT2D eigenvalue weighted by Crippen LogP contribution is 2.22. The molecule has 1 amide bonds. The molecule has 23 heavy (non-hydrogen) atoms. The largest absolute Gasteiger partial charge is 0.373 e. The van der Waals surface area contributed by atoms with Crippen LogP contribution in [0.25, 0.3) is 0 Å². The van der Waals surface area contributed by atoms with E-state index in [1.54, 1.807) is 6.20 Å². The van der Waals surface area contributed by atoms with E-state index >= 15 is 0 Å². The Bertz CT molecular complexity index is 648. The number of likely N-dealkylation sites (tertiary alicyclic amines) is 1. The van der Waals surface area contributed by atoms with Crippen LogP contribution in [0.2, 0.25) is 0 Å². The molecule has 0 bridgehead atoms. The summed E-state index contributed by atoms with van der Waals surface area (Å²) in [5.41, 5.74) is 1.91. The van der Waals surface area contributed by atoms with Crippen molar-refractivity contribution in [3.8, 4) is 6.07 Å². The van der Waals surface area contributed by atoms with Crippen LogP contribution in [0.5, 0.6) is 0 Å². The van der Waals surface area contributed by atoms with Crippen LogP contribution in [0.15, 0.2) is 30.0 Å². The highest BCUT2D eigenvalue weighted by molar-refractivity contribution is 14.1. The molecule has 1 aliphatic heterocycles. The number of hydrogen-bond donors (Lipinski definition) is 1. The molecule has 0 radical (unpaired) electrons. The first kappa shape index (κ1) is 17.8. The van der Waals surface area contributed by atoms with Crippen molar-refractivity contribution in [1.29, 1.82) is 5.26 Å². The number of nitrogens with zero attached hydrogens (tertiary/aromatic N) is 2. The number of nitriles is 1. The van der Waals surface area contributed by atoms with Gasteiger partial charge < -0.3 is 10.2 Å². The first-order chi connectivity index (χ1) is 11.0. The van der Waals surface area contributed by atoms with E-state index in [2.05, 4.69) is 45.8 Å². The number of nitrogens with one attached hydrogen (secondary N) is 1. The predicted molar refractivity (Wildman–Crippen MR) is 101 cm³/mol. The minimum Gasteiger partial charge on any atom is -0.373 e. The Kier molecular flexibility index (Phi) is 6.46. The van der Waals surface area contributed by atoms with Crippen LogP contribution in [-0.4, -0.2) is 23.4 Å². The van der Waals surface area contributed by atoms with Gasteiger partial charge in [-0.1, -0.05) is 6.92 Å². The average molecular weight is 423 g/mol. The van der Waals surface area contributed by atoms with Crippen LogP contribution in [0, 0.1) is 21.8 Å². The van der Waals surface area contributed by atoms with Gasteiger partial charge >= 0.3 is 0 Å². The first-order valence-corrected chi connectivity index (χ1v) is 9.08. The molecule has 1 aliphatic rings. The predicted octanol–water partition coefficient (Wildman–Crippen LogP) is 4.21. The third-order valence-electron chi connectivity index (χ3n) is 4.24. The van der Waals surface area contributed by atoms with Crippen molar-refractivity contribution >= 4 is 34.2 Å². The van der Waals surface area contributed by atoms with Crippen LogP contribution < -0.4 is 5.32 Å². The standard InChI is InChI=1S/C18H22IN3O/c1-3-16-6-4-5-9-22(16)12-14(11-20)18(23)21-17-8-7-15(19)10-13(17)2/h7-8,10,12,16H,3-6,9H2,1-2H3,(H,21,23)/b14-12-. The summed E-state index contributed by atoms with van der Waals surface area (Å²) in [7, 11) is 0. The summed E-state index contributed by atoms with van der Waals surface area (Å²) in [6.45, 7) is 5.02. The maximum atomic E-state index is 12.4. The summed E-state index contributed by atoms with van der Waals surface area (Å²) in [4.78, 5) is 14.6. The number of aryl methyl sites for hydroxylation is 1. The summed E-state index contributed by atoms with van der Waals surface area (Å²) in [6.07, 6.45) is 6.24. The fraction of sp³-hybridized carbons (Fsp3) is 0.444. The number of amides is 1. The van der Waals surface area contributed by atoms with Gasteiger partial charge in [0.25, 0.3) is 5.91 Å². The molecule has 5 heteroatoms. The Morgan fingerprint density at radius 2 is 2.30 bits per heavy atom. The number of halogens is 1. The molecule has 122 valence electrons. The Hall–Kier alpha value is -1.55. The average Bonchev–Trinajstić information content (AvgIpc) is 2.55. The second-order valence-electron chi connectivity index (χ2n) is 5.86. The Balaban J connectivity index is 2.14. The SMILES string of the molecule is CCC1CCCCN1/C=C(/C#N)C(=O)Nc1ccc(I)cc1C. The van der Waals surface area contributed by atoms with E-state index in [1.807, 2.05) is 25.1 Å². The Labute approximate surface area is 151 Å². The van der Waals surface area contributed by atoms with Crippen LogP contribution in [0.3, 0.4) is 0 Å². The molecule has 0 spiro atoms. The van der Waals surface area contributed by atoms with Gasteiger partial charge in [-0.2, -0.15) is 5.26 Å². The van der Waals surface area contributed by atoms with Gasteiger partial charge in [-0.15, -0.1) is 0 Å². The van der Waals surface area contributed by atoms with Crippen molar-refractivity contribution in [2.75, 3.05) is 11.9 Å². The molecule has 1 fully saturated rings. The topological polar surface area (TPSA) is 56.1 Å². The molecule has 0 saturated carbocycles. The first-order valence-electron chi connectivity index (χ1n) is 8.00. The van der Waals surface area contributed by atoms with Gasteiger partial charge in [0.1, 0.15) is 11.6 Å². The fourth-order valence-electron chi connectivity index (χ4n) is 2.89. The van der Waals surface area contributed by atoms with Gasteiger partial charge in [0.2, 0.25) is 0 Å². The van der Waals surface area contributed by atoms with E-state index in [0.717, 1.165) is 40.6 Å². The molecule has 0 aliphatic carbocycles. The van der Waals surface area contributed by atoms with Gasteiger partial charge in [-0.25, -0.2) is 0 Å². The van der Waals surface area contributed by atoms with Crippen LogP contribution >= 0.6 is 22.6 Å². The molecule has 1 aromatic carbocycles. The molecule has 1 saturated heterocycles. The van der Waals surface area contributed by atoms with Crippen LogP contribution in [0.1, 0.15) is 38.2 Å². The summed E-state index contributed by atoms with van der Waals surface area (Å²) >= 11 is 2.24. The lowest BCUT2D eigenvalue weighted by Crippen LogP contribution is -2.35. The molecule has 1 N–H and O–H groups in total. The fourth-order valence-corrected chi connectivity index (χ4v) is 3.54. The number of carbonyl (C=O) groups excluding carboxylic acids is 1. The Morgan fingerprint density at radius 1 is 1.52 bits per heavy atom.